The van der Waals surface area contributed by atoms with Gasteiger partial charge in [-0.15, -0.1) is 6.58 Å². The van der Waals surface area contributed by atoms with E-state index in [1.54, 1.807) is 12.2 Å². The maximum Gasteiger partial charge on any atom is 0.330 e. The zero-order chi connectivity index (χ0) is 9.68. The minimum absolute atomic E-state index is 0.0905. The zero-order valence-corrected chi connectivity index (χ0v) is 7.43. The van der Waals surface area contributed by atoms with Gasteiger partial charge in [-0.05, 0) is 6.08 Å². The second kappa shape index (κ2) is 4.79. The Hall–Kier alpha value is -1.13. The number of hydrogen-bond acceptors (Lipinski definition) is 4. The number of rotatable bonds is 3. The van der Waals surface area contributed by atoms with Gasteiger partial charge in [0.25, 0.3) is 0 Å². The van der Waals surface area contributed by atoms with E-state index in [0.717, 1.165) is 0 Å². The van der Waals surface area contributed by atoms with E-state index >= 15 is 0 Å². The van der Waals surface area contributed by atoms with Gasteiger partial charge in [0, 0.05) is 12.5 Å². The Bertz CT molecular complexity index is 222. The standard InChI is InChI=1S/C9H12O4/c1-3-7-6-8(13-12-7)4-5-9(10)11-2/h3-5,7-8H,1,6H2,2H3/b5-4+/t7-,8+/m1/s1. The van der Waals surface area contributed by atoms with Crippen molar-refractivity contribution in [3.8, 4) is 0 Å². The number of esters is 1. The van der Waals surface area contributed by atoms with Crippen LogP contribution in [0.3, 0.4) is 0 Å². The van der Waals surface area contributed by atoms with Crippen molar-refractivity contribution in [1.82, 2.24) is 0 Å². The monoisotopic (exact) mass is 184 g/mol. The summed E-state index contributed by atoms with van der Waals surface area (Å²) in [6, 6.07) is 0. The SMILES string of the molecule is C=C[C@@H]1C[C@H](/C=C/C(=O)OC)OO1. The number of hydrogen-bond donors (Lipinski definition) is 0. The van der Waals surface area contributed by atoms with Crippen LogP contribution in [0.2, 0.25) is 0 Å². The molecule has 72 valence electrons. The summed E-state index contributed by atoms with van der Waals surface area (Å²) in [4.78, 5) is 20.4. The van der Waals surface area contributed by atoms with Crippen LogP contribution in [0.4, 0.5) is 0 Å². The fraction of sp³-hybridized carbons (Fsp3) is 0.444. The first-order valence-electron chi connectivity index (χ1n) is 3.97. The topological polar surface area (TPSA) is 44.8 Å². The molecule has 1 heterocycles. The number of carbonyl (C=O) groups excluding carboxylic acids is 1. The second-order valence-electron chi connectivity index (χ2n) is 2.62. The summed E-state index contributed by atoms with van der Waals surface area (Å²) < 4.78 is 4.42. The van der Waals surface area contributed by atoms with Gasteiger partial charge < -0.3 is 4.74 Å². The summed E-state index contributed by atoms with van der Waals surface area (Å²) in [6.45, 7) is 3.57. The van der Waals surface area contributed by atoms with Crippen LogP contribution in [0.25, 0.3) is 0 Å². The van der Waals surface area contributed by atoms with Crippen molar-refractivity contribution < 1.29 is 19.3 Å². The Morgan fingerprint density at radius 1 is 1.54 bits per heavy atom. The zero-order valence-electron chi connectivity index (χ0n) is 7.43. The maximum atomic E-state index is 10.7. The van der Waals surface area contributed by atoms with E-state index in [0.29, 0.717) is 6.42 Å². The van der Waals surface area contributed by atoms with Crippen molar-refractivity contribution in [2.75, 3.05) is 7.11 Å². The molecular formula is C9H12O4. The summed E-state index contributed by atoms with van der Waals surface area (Å²) in [6.07, 6.45) is 4.98. The average Bonchev–Trinajstić information content (AvgIpc) is 2.61. The van der Waals surface area contributed by atoms with Crippen molar-refractivity contribution >= 4 is 5.97 Å². The molecule has 0 aromatic rings. The Labute approximate surface area is 76.7 Å². The van der Waals surface area contributed by atoms with Gasteiger partial charge in [-0.1, -0.05) is 6.08 Å². The molecule has 0 saturated carbocycles. The van der Waals surface area contributed by atoms with Crippen molar-refractivity contribution in [2.24, 2.45) is 0 Å². The highest BCUT2D eigenvalue weighted by Crippen LogP contribution is 2.18. The van der Waals surface area contributed by atoms with E-state index in [2.05, 4.69) is 11.3 Å². The van der Waals surface area contributed by atoms with Gasteiger partial charge in [0.05, 0.1) is 7.11 Å². The normalized spacial score (nSPS) is 27.8. The number of ether oxygens (including phenoxy) is 1. The molecule has 1 aliphatic heterocycles. The summed E-state index contributed by atoms with van der Waals surface area (Å²) in [7, 11) is 1.32. The van der Waals surface area contributed by atoms with Crippen LogP contribution in [0.5, 0.6) is 0 Å². The van der Waals surface area contributed by atoms with Crippen LogP contribution < -0.4 is 0 Å². The quantitative estimate of drug-likeness (QED) is 0.284. The number of methoxy groups -OCH3 is 1. The molecule has 2 atom stereocenters. The van der Waals surface area contributed by atoms with Gasteiger partial charge in [0.15, 0.2) is 0 Å². The first kappa shape index (κ1) is 9.95. The predicted molar refractivity (Wildman–Crippen MR) is 45.7 cm³/mol. The lowest BCUT2D eigenvalue weighted by Gasteiger charge is -1.96. The molecule has 0 bridgehead atoms. The lowest BCUT2D eigenvalue weighted by molar-refractivity contribution is -0.280. The summed E-state index contributed by atoms with van der Waals surface area (Å²) in [5, 5.41) is 0. The van der Waals surface area contributed by atoms with E-state index in [9.17, 15) is 4.79 Å². The van der Waals surface area contributed by atoms with Crippen molar-refractivity contribution in [3.05, 3.63) is 24.8 Å². The molecular weight excluding hydrogens is 172 g/mol. The summed E-state index contributed by atoms with van der Waals surface area (Å²) in [5.41, 5.74) is 0. The Morgan fingerprint density at radius 2 is 2.23 bits per heavy atom. The molecule has 1 saturated heterocycles. The van der Waals surface area contributed by atoms with Crippen molar-refractivity contribution in [3.63, 3.8) is 0 Å². The highest BCUT2D eigenvalue weighted by atomic mass is 17.2. The van der Waals surface area contributed by atoms with Gasteiger partial charge in [-0.25, -0.2) is 14.6 Å². The highest BCUT2D eigenvalue weighted by Gasteiger charge is 2.22. The minimum Gasteiger partial charge on any atom is -0.466 e. The molecule has 0 spiro atoms. The molecule has 0 aromatic heterocycles. The Kier molecular flexibility index (Phi) is 3.67. The molecule has 1 fully saturated rings. The van der Waals surface area contributed by atoms with Crippen LogP contribution in [0.15, 0.2) is 24.8 Å². The highest BCUT2D eigenvalue weighted by molar-refractivity contribution is 5.81. The van der Waals surface area contributed by atoms with Crippen LogP contribution >= 0.6 is 0 Å². The van der Waals surface area contributed by atoms with Crippen molar-refractivity contribution in [1.29, 1.82) is 0 Å². The first-order chi connectivity index (χ1) is 6.26. The van der Waals surface area contributed by atoms with Gasteiger partial charge in [0.1, 0.15) is 12.2 Å². The van der Waals surface area contributed by atoms with Gasteiger partial charge >= 0.3 is 5.97 Å². The smallest absolute Gasteiger partial charge is 0.330 e. The van der Waals surface area contributed by atoms with Crippen molar-refractivity contribution in [2.45, 2.75) is 18.6 Å². The summed E-state index contributed by atoms with van der Waals surface area (Å²) in [5.74, 6) is -0.398. The van der Waals surface area contributed by atoms with E-state index in [1.165, 1.54) is 13.2 Å². The van der Waals surface area contributed by atoms with Gasteiger partial charge in [-0.2, -0.15) is 0 Å². The number of carbonyl (C=O) groups is 1. The first-order valence-corrected chi connectivity index (χ1v) is 3.97. The van der Waals surface area contributed by atoms with E-state index in [-0.39, 0.29) is 12.2 Å². The largest absolute Gasteiger partial charge is 0.466 e. The van der Waals surface area contributed by atoms with E-state index in [1.807, 2.05) is 0 Å². The lowest BCUT2D eigenvalue weighted by atomic mass is 10.1. The molecule has 0 unspecified atom stereocenters. The molecule has 1 rings (SSSR count). The third kappa shape index (κ3) is 3.01. The van der Waals surface area contributed by atoms with Crippen LogP contribution in [-0.2, 0) is 19.3 Å². The Balaban J connectivity index is 2.35. The predicted octanol–water partition coefficient (Wildman–Crippen LogP) is 0.991. The molecule has 4 nitrogen and oxygen atoms in total. The minimum atomic E-state index is -0.398. The molecule has 0 amide bonds. The fourth-order valence-electron chi connectivity index (χ4n) is 0.950. The fourth-order valence-corrected chi connectivity index (χ4v) is 0.950. The summed E-state index contributed by atoms with van der Waals surface area (Å²) >= 11 is 0. The average molecular weight is 184 g/mol. The Morgan fingerprint density at radius 3 is 2.77 bits per heavy atom. The van der Waals surface area contributed by atoms with Crippen LogP contribution in [0, 0.1) is 0 Å². The van der Waals surface area contributed by atoms with E-state index in [4.69, 9.17) is 9.78 Å². The molecule has 0 radical (unpaired) electrons. The van der Waals surface area contributed by atoms with Gasteiger partial charge in [0.2, 0.25) is 0 Å². The second-order valence-corrected chi connectivity index (χ2v) is 2.62. The molecule has 4 heteroatoms. The maximum absolute atomic E-state index is 10.7. The van der Waals surface area contributed by atoms with Crippen LogP contribution in [-0.4, -0.2) is 25.3 Å². The van der Waals surface area contributed by atoms with Gasteiger partial charge in [-0.3, -0.25) is 0 Å². The molecule has 1 aliphatic rings. The third-order valence-corrected chi connectivity index (χ3v) is 1.68. The third-order valence-electron chi connectivity index (χ3n) is 1.68. The van der Waals surface area contributed by atoms with Crippen LogP contribution in [0.1, 0.15) is 6.42 Å². The lowest BCUT2D eigenvalue weighted by Crippen LogP contribution is -2.03. The molecule has 0 aliphatic carbocycles. The molecule has 13 heavy (non-hydrogen) atoms. The molecule has 0 aromatic carbocycles. The molecule has 0 N–H and O–H groups in total. The van der Waals surface area contributed by atoms with E-state index < -0.39 is 5.97 Å².